The molecule has 1 fully saturated rings. The Hall–Kier alpha value is -0.170. The van der Waals surface area contributed by atoms with E-state index < -0.39 is 10.0 Å². The van der Waals surface area contributed by atoms with E-state index >= 15 is 0 Å². The summed E-state index contributed by atoms with van der Waals surface area (Å²) in [6.07, 6.45) is 3.72. The van der Waals surface area contributed by atoms with Gasteiger partial charge in [0.05, 0.1) is 31.7 Å². The molecule has 0 spiro atoms. The summed E-state index contributed by atoms with van der Waals surface area (Å²) < 4.78 is 32.4. The molecular weight excluding hydrogens is 266 g/mol. The van der Waals surface area contributed by atoms with E-state index in [4.69, 9.17) is 14.6 Å². The van der Waals surface area contributed by atoms with Crippen molar-refractivity contribution in [3.63, 3.8) is 0 Å². The second-order valence-electron chi connectivity index (χ2n) is 6.39. The smallest absolute Gasteiger partial charge is 0.211 e. The highest BCUT2D eigenvalue weighted by atomic mass is 32.2. The van der Waals surface area contributed by atoms with Crippen molar-refractivity contribution in [1.29, 1.82) is 0 Å². The third-order valence-electron chi connectivity index (χ3n) is 3.44. The van der Waals surface area contributed by atoms with Crippen molar-refractivity contribution in [3.05, 3.63) is 0 Å². The summed E-state index contributed by atoms with van der Waals surface area (Å²) in [5.74, 6) is 0.553. The predicted octanol–water partition coefficient (Wildman–Crippen LogP) is 1.52. The fraction of sp³-hybridized carbons (Fsp3) is 1.00. The molecule has 1 aliphatic carbocycles. The van der Waals surface area contributed by atoms with E-state index in [1.54, 1.807) is 0 Å². The number of primary sulfonamides is 1. The van der Waals surface area contributed by atoms with Crippen molar-refractivity contribution in [2.75, 3.05) is 25.6 Å². The molecule has 0 aromatic heterocycles. The molecule has 0 aromatic carbocycles. The van der Waals surface area contributed by atoms with Gasteiger partial charge in [-0.1, -0.05) is 20.8 Å². The molecule has 0 radical (unpaired) electrons. The summed E-state index contributed by atoms with van der Waals surface area (Å²) in [6, 6.07) is 0. The van der Waals surface area contributed by atoms with Gasteiger partial charge >= 0.3 is 0 Å². The van der Waals surface area contributed by atoms with E-state index in [0.717, 1.165) is 12.8 Å². The summed E-state index contributed by atoms with van der Waals surface area (Å²) in [4.78, 5) is 0. The summed E-state index contributed by atoms with van der Waals surface area (Å²) in [5.41, 5.74) is 0.344. The van der Waals surface area contributed by atoms with Gasteiger partial charge in [-0.15, -0.1) is 0 Å². The Morgan fingerprint density at radius 1 is 1.21 bits per heavy atom. The molecule has 0 bridgehead atoms. The van der Waals surface area contributed by atoms with Gasteiger partial charge in [0.25, 0.3) is 0 Å². The Balaban J connectivity index is 2.12. The van der Waals surface area contributed by atoms with E-state index in [0.29, 0.717) is 30.7 Å². The van der Waals surface area contributed by atoms with Gasteiger partial charge in [0.1, 0.15) is 0 Å². The Bertz CT molecular complexity index is 367. The van der Waals surface area contributed by atoms with Crippen LogP contribution in [0.25, 0.3) is 0 Å². The normalized spacial score (nSPS) is 27.4. The highest BCUT2D eigenvalue weighted by Gasteiger charge is 2.32. The first-order valence-electron chi connectivity index (χ1n) is 6.88. The van der Waals surface area contributed by atoms with Crippen molar-refractivity contribution >= 4 is 10.0 Å². The standard InChI is InChI=1S/C13H27NO4S/c1-11-8-12(10-13(2,3)9-11)18-5-4-17-6-7-19(14,15)16/h11-12H,4-10H2,1-3H3,(H2,14,15,16). The van der Waals surface area contributed by atoms with Crippen LogP contribution in [0.5, 0.6) is 0 Å². The van der Waals surface area contributed by atoms with Crippen LogP contribution in [-0.4, -0.2) is 40.1 Å². The zero-order valence-electron chi connectivity index (χ0n) is 12.2. The molecule has 6 heteroatoms. The number of hydrogen-bond acceptors (Lipinski definition) is 4. The Morgan fingerprint density at radius 2 is 1.89 bits per heavy atom. The van der Waals surface area contributed by atoms with E-state index in [-0.39, 0.29) is 12.4 Å². The second kappa shape index (κ2) is 7.02. The lowest BCUT2D eigenvalue weighted by Gasteiger charge is -2.38. The third-order valence-corrected chi connectivity index (χ3v) is 4.18. The Kier molecular flexibility index (Phi) is 6.23. The lowest BCUT2D eigenvalue weighted by molar-refractivity contribution is -0.0432. The Labute approximate surface area is 116 Å². The molecule has 0 heterocycles. The first kappa shape index (κ1) is 16.9. The molecule has 1 rings (SSSR count). The minimum atomic E-state index is -3.42. The SMILES string of the molecule is CC1CC(OCCOCCS(N)(=O)=O)CC(C)(C)C1. The minimum absolute atomic E-state index is 0.134. The zero-order valence-corrected chi connectivity index (χ0v) is 13.0. The van der Waals surface area contributed by atoms with Gasteiger partial charge in [-0.05, 0) is 30.6 Å². The van der Waals surface area contributed by atoms with Crippen LogP contribution >= 0.6 is 0 Å². The van der Waals surface area contributed by atoms with E-state index in [2.05, 4.69) is 20.8 Å². The molecule has 0 amide bonds. The number of hydrogen-bond donors (Lipinski definition) is 1. The van der Waals surface area contributed by atoms with Gasteiger partial charge < -0.3 is 9.47 Å². The van der Waals surface area contributed by atoms with Crippen molar-refractivity contribution < 1.29 is 17.9 Å². The topological polar surface area (TPSA) is 78.6 Å². The van der Waals surface area contributed by atoms with Crippen LogP contribution in [0.2, 0.25) is 0 Å². The number of sulfonamides is 1. The quantitative estimate of drug-likeness (QED) is 0.722. The van der Waals surface area contributed by atoms with Crippen molar-refractivity contribution in [1.82, 2.24) is 0 Å². The highest BCUT2D eigenvalue weighted by Crippen LogP contribution is 2.39. The molecule has 5 nitrogen and oxygen atoms in total. The molecule has 0 aliphatic heterocycles. The van der Waals surface area contributed by atoms with Crippen LogP contribution in [0.3, 0.4) is 0 Å². The predicted molar refractivity (Wildman–Crippen MR) is 75.3 cm³/mol. The highest BCUT2D eigenvalue weighted by molar-refractivity contribution is 7.89. The number of ether oxygens (including phenoxy) is 2. The van der Waals surface area contributed by atoms with Crippen molar-refractivity contribution in [3.8, 4) is 0 Å². The average molecular weight is 293 g/mol. The second-order valence-corrected chi connectivity index (χ2v) is 8.12. The van der Waals surface area contributed by atoms with Gasteiger partial charge in [0, 0.05) is 0 Å². The molecule has 0 saturated heterocycles. The molecule has 1 aliphatic rings. The molecular formula is C13H27NO4S. The van der Waals surface area contributed by atoms with Crippen molar-refractivity contribution in [2.45, 2.75) is 46.1 Å². The largest absolute Gasteiger partial charge is 0.378 e. The van der Waals surface area contributed by atoms with E-state index in [9.17, 15) is 8.42 Å². The lowest BCUT2D eigenvalue weighted by atomic mass is 9.71. The summed E-state index contributed by atoms with van der Waals surface area (Å²) >= 11 is 0. The fourth-order valence-electron chi connectivity index (χ4n) is 2.94. The summed E-state index contributed by atoms with van der Waals surface area (Å²) in [6.45, 7) is 7.89. The van der Waals surface area contributed by atoms with Crippen molar-refractivity contribution in [2.24, 2.45) is 16.5 Å². The summed E-state index contributed by atoms with van der Waals surface area (Å²) in [5, 5.41) is 4.87. The van der Waals surface area contributed by atoms with Crippen LogP contribution in [0.4, 0.5) is 0 Å². The number of rotatable bonds is 7. The van der Waals surface area contributed by atoms with Crippen LogP contribution < -0.4 is 5.14 Å². The van der Waals surface area contributed by atoms with E-state index in [1.807, 2.05) is 0 Å². The molecule has 0 aromatic rings. The van der Waals surface area contributed by atoms with Gasteiger partial charge in [-0.2, -0.15) is 0 Å². The molecule has 1 saturated carbocycles. The van der Waals surface area contributed by atoms with Crippen LogP contribution in [0, 0.1) is 11.3 Å². The van der Waals surface area contributed by atoms with Gasteiger partial charge in [-0.3, -0.25) is 0 Å². The lowest BCUT2D eigenvalue weighted by Crippen LogP contribution is -2.33. The van der Waals surface area contributed by atoms with Crippen LogP contribution in [0.15, 0.2) is 0 Å². The molecule has 114 valence electrons. The summed E-state index contributed by atoms with van der Waals surface area (Å²) in [7, 11) is -3.42. The van der Waals surface area contributed by atoms with Gasteiger partial charge in [0.2, 0.25) is 10.0 Å². The first-order valence-corrected chi connectivity index (χ1v) is 8.59. The molecule has 2 N–H and O–H groups in total. The monoisotopic (exact) mass is 293 g/mol. The van der Waals surface area contributed by atoms with Gasteiger partial charge in [-0.25, -0.2) is 13.6 Å². The Morgan fingerprint density at radius 3 is 2.47 bits per heavy atom. The third kappa shape index (κ3) is 7.87. The maximum absolute atomic E-state index is 10.7. The van der Waals surface area contributed by atoms with Gasteiger partial charge in [0.15, 0.2) is 0 Å². The maximum atomic E-state index is 10.7. The number of nitrogens with two attached hydrogens (primary N) is 1. The molecule has 19 heavy (non-hydrogen) atoms. The van der Waals surface area contributed by atoms with Crippen LogP contribution in [0.1, 0.15) is 40.0 Å². The molecule has 2 unspecified atom stereocenters. The maximum Gasteiger partial charge on any atom is 0.211 e. The average Bonchev–Trinajstić information content (AvgIpc) is 2.18. The first-order chi connectivity index (χ1) is 8.68. The van der Waals surface area contributed by atoms with Crippen LogP contribution in [-0.2, 0) is 19.5 Å². The fourth-order valence-corrected chi connectivity index (χ4v) is 3.29. The zero-order chi connectivity index (χ0) is 14.5. The van der Waals surface area contributed by atoms with E-state index in [1.165, 1.54) is 6.42 Å². The molecule has 2 atom stereocenters. The minimum Gasteiger partial charge on any atom is -0.378 e.